The smallest absolute Gasteiger partial charge is 0.158 e. The lowest BCUT2D eigenvalue weighted by molar-refractivity contribution is 1.17. The highest BCUT2D eigenvalue weighted by Crippen LogP contribution is 2.27. The Labute approximate surface area is 109 Å². The highest BCUT2D eigenvalue weighted by molar-refractivity contribution is 6.32. The molecule has 0 fully saturated rings. The van der Waals surface area contributed by atoms with E-state index in [0.29, 0.717) is 16.5 Å². The maximum Gasteiger partial charge on any atom is 0.158 e. The van der Waals surface area contributed by atoms with Crippen molar-refractivity contribution in [3.63, 3.8) is 0 Å². The van der Waals surface area contributed by atoms with Crippen LogP contribution in [0, 0.1) is 6.92 Å². The summed E-state index contributed by atoms with van der Waals surface area (Å²) in [4.78, 5) is 7.79. The van der Waals surface area contributed by atoms with Crippen LogP contribution in [-0.4, -0.2) is 9.97 Å². The van der Waals surface area contributed by atoms with Crippen LogP contribution in [0.5, 0.6) is 0 Å². The molecule has 6 heteroatoms. The maximum absolute atomic E-state index is 6.02. The molecule has 0 radical (unpaired) electrons. The van der Waals surface area contributed by atoms with E-state index in [2.05, 4.69) is 15.3 Å². The lowest BCUT2D eigenvalue weighted by atomic mass is 10.2. The number of aromatic nitrogens is 2. The molecule has 1 aromatic carbocycles. The predicted octanol–water partition coefficient (Wildman–Crippen LogP) is 3.42. The Bertz CT molecular complexity index is 557. The summed E-state index contributed by atoms with van der Waals surface area (Å²) >= 11 is 11.8. The number of aryl methyl sites for hydroxylation is 1. The Morgan fingerprint density at radius 1 is 1.24 bits per heavy atom. The molecular formula is C11H10Cl2N4. The van der Waals surface area contributed by atoms with Gasteiger partial charge in [0, 0.05) is 10.7 Å². The molecule has 0 aliphatic heterocycles. The first-order valence-electron chi connectivity index (χ1n) is 4.87. The molecule has 88 valence electrons. The van der Waals surface area contributed by atoms with Crippen molar-refractivity contribution in [1.82, 2.24) is 9.97 Å². The van der Waals surface area contributed by atoms with Gasteiger partial charge in [0.25, 0.3) is 0 Å². The van der Waals surface area contributed by atoms with Crippen molar-refractivity contribution < 1.29 is 0 Å². The molecule has 3 N–H and O–H groups in total. The van der Waals surface area contributed by atoms with Crippen LogP contribution in [0.25, 0.3) is 0 Å². The summed E-state index contributed by atoms with van der Waals surface area (Å²) in [5.41, 5.74) is 7.86. The fraction of sp³-hybridized carbons (Fsp3) is 0.0909. The molecule has 0 aliphatic carbocycles. The van der Waals surface area contributed by atoms with E-state index >= 15 is 0 Å². The summed E-state index contributed by atoms with van der Waals surface area (Å²) in [6.07, 6.45) is 1.34. The molecule has 0 atom stereocenters. The second-order valence-corrected chi connectivity index (χ2v) is 4.28. The molecule has 0 aliphatic rings. The maximum atomic E-state index is 6.02. The summed E-state index contributed by atoms with van der Waals surface area (Å²) in [6, 6.07) is 5.59. The Balaban J connectivity index is 2.31. The van der Waals surface area contributed by atoms with Crippen molar-refractivity contribution in [2.24, 2.45) is 0 Å². The molecule has 0 amide bonds. The van der Waals surface area contributed by atoms with Gasteiger partial charge in [-0.05, 0) is 24.6 Å². The third-order valence-electron chi connectivity index (χ3n) is 2.27. The zero-order valence-corrected chi connectivity index (χ0v) is 10.5. The van der Waals surface area contributed by atoms with Gasteiger partial charge in [-0.1, -0.05) is 29.3 Å². The van der Waals surface area contributed by atoms with Crippen LogP contribution >= 0.6 is 23.2 Å². The third kappa shape index (κ3) is 2.60. The van der Waals surface area contributed by atoms with E-state index in [4.69, 9.17) is 28.9 Å². The number of nitrogens with zero attached hydrogens (tertiary/aromatic N) is 2. The summed E-state index contributed by atoms with van der Waals surface area (Å²) in [6.45, 7) is 1.93. The Hall–Kier alpha value is -1.52. The molecule has 4 nitrogen and oxygen atoms in total. The predicted molar refractivity (Wildman–Crippen MR) is 70.9 cm³/mol. The zero-order valence-electron chi connectivity index (χ0n) is 9.04. The van der Waals surface area contributed by atoms with Crippen LogP contribution in [0.2, 0.25) is 10.2 Å². The van der Waals surface area contributed by atoms with Crippen LogP contribution in [0.3, 0.4) is 0 Å². The first kappa shape index (κ1) is 12.0. The van der Waals surface area contributed by atoms with E-state index in [1.165, 1.54) is 6.33 Å². The highest BCUT2D eigenvalue weighted by Gasteiger charge is 2.06. The zero-order chi connectivity index (χ0) is 12.4. The van der Waals surface area contributed by atoms with Gasteiger partial charge in [-0.25, -0.2) is 9.97 Å². The average molecular weight is 269 g/mol. The van der Waals surface area contributed by atoms with Crippen molar-refractivity contribution >= 4 is 40.4 Å². The fourth-order valence-electron chi connectivity index (χ4n) is 1.28. The molecule has 0 unspecified atom stereocenters. The molecule has 1 aromatic heterocycles. The van der Waals surface area contributed by atoms with Crippen molar-refractivity contribution in [1.29, 1.82) is 0 Å². The molecule has 2 rings (SSSR count). The Morgan fingerprint density at radius 3 is 2.71 bits per heavy atom. The van der Waals surface area contributed by atoms with Crippen molar-refractivity contribution in [3.8, 4) is 0 Å². The monoisotopic (exact) mass is 268 g/mol. The van der Waals surface area contributed by atoms with E-state index < -0.39 is 0 Å². The van der Waals surface area contributed by atoms with Gasteiger partial charge in [-0.3, -0.25) is 0 Å². The Kier molecular flexibility index (Phi) is 3.36. The second kappa shape index (κ2) is 4.77. The normalized spacial score (nSPS) is 10.3. The van der Waals surface area contributed by atoms with Gasteiger partial charge in [0.2, 0.25) is 0 Å². The number of nitrogens with one attached hydrogen (secondary N) is 1. The topological polar surface area (TPSA) is 63.8 Å². The standard InChI is InChI=1S/C11H10Cl2N4/c1-6-2-3-7(4-8(6)12)17-11-9(14)10(13)15-5-16-11/h2-5H,14H2,1H3,(H,15,16,17). The minimum Gasteiger partial charge on any atom is -0.393 e. The highest BCUT2D eigenvalue weighted by atomic mass is 35.5. The number of anilines is 3. The first-order valence-corrected chi connectivity index (χ1v) is 5.62. The van der Waals surface area contributed by atoms with Crippen LogP contribution < -0.4 is 11.1 Å². The lowest BCUT2D eigenvalue weighted by Crippen LogP contribution is -2.01. The minimum atomic E-state index is 0.223. The van der Waals surface area contributed by atoms with Gasteiger partial charge >= 0.3 is 0 Å². The van der Waals surface area contributed by atoms with E-state index in [9.17, 15) is 0 Å². The van der Waals surface area contributed by atoms with Crippen LogP contribution in [-0.2, 0) is 0 Å². The number of halogens is 2. The van der Waals surface area contributed by atoms with E-state index in [1.807, 2.05) is 19.1 Å². The van der Waals surface area contributed by atoms with E-state index in [-0.39, 0.29) is 5.15 Å². The first-order chi connectivity index (χ1) is 8.08. The minimum absolute atomic E-state index is 0.223. The SMILES string of the molecule is Cc1ccc(Nc2ncnc(Cl)c2N)cc1Cl. The van der Waals surface area contributed by atoms with Gasteiger partial charge in [-0.15, -0.1) is 0 Å². The van der Waals surface area contributed by atoms with E-state index in [0.717, 1.165) is 11.3 Å². The molecule has 0 saturated carbocycles. The third-order valence-corrected chi connectivity index (χ3v) is 2.98. The summed E-state index contributed by atoms with van der Waals surface area (Å²) in [5.74, 6) is 0.463. The van der Waals surface area contributed by atoms with Crippen LogP contribution in [0.15, 0.2) is 24.5 Å². The van der Waals surface area contributed by atoms with Gasteiger partial charge in [-0.2, -0.15) is 0 Å². The van der Waals surface area contributed by atoms with Gasteiger partial charge in [0.15, 0.2) is 11.0 Å². The number of nitrogen functional groups attached to an aromatic ring is 1. The molecule has 1 heterocycles. The van der Waals surface area contributed by atoms with Crippen LogP contribution in [0.1, 0.15) is 5.56 Å². The number of rotatable bonds is 2. The molecule has 0 spiro atoms. The van der Waals surface area contributed by atoms with Crippen molar-refractivity contribution in [2.45, 2.75) is 6.92 Å². The lowest BCUT2D eigenvalue weighted by Gasteiger charge is -2.09. The molecule has 0 saturated heterocycles. The summed E-state index contributed by atoms with van der Waals surface area (Å²) < 4.78 is 0. The van der Waals surface area contributed by atoms with Crippen molar-refractivity contribution in [3.05, 3.63) is 40.3 Å². The average Bonchev–Trinajstić information content (AvgIpc) is 2.30. The van der Waals surface area contributed by atoms with Gasteiger partial charge in [0.05, 0.1) is 0 Å². The quantitative estimate of drug-likeness (QED) is 0.820. The fourth-order valence-corrected chi connectivity index (χ4v) is 1.59. The molecule has 0 bridgehead atoms. The molecule has 2 aromatic rings. The molecular weight excluding hydrogens is 259 g/mol. The Morgan fingerprint density at radius 2 is 2.00 bits per heavy atom. The number of nitrogens with two attached hydrogens (primary N) is 1. The van der Waals surface area contributed by atoms with Gasteiger partial charge < -0.3 is 11.1 Å². The van der Waals surface area contributed by atoms with E-state index in [1.54, 1.807) is 6.07 Å². The van der Waals surface area contributed by atoms with Crippen LogP contribution in [0.4, 0.5) is 17.2 Å². The largest absolute Gasteiger partial charge is 0.393 e. The second-order valence-electron chi connectivity index (χ2n) is 3.52. The molecule has 17 heavy (non-hydrogen) atoms. The number of benzene rings is 1. The number of hydrogen-bond acceptors (Lipinski definition) is 4. The number of hydrogen-bond donors (Lipinski definition) is 2. The summed E-state index contributed by atoms with van der Waals surface area (Å²) in [5, 5.41) is 3.93. The van der Waals surface area contributed by atoms with Crippen molar-refractivity contribution in [2.75, 3.05) is 11.1 Å². The summed E-state index contributed by atoms with van der Waals surface area (Å²) in [7, 11) is 0. The van der Waals surface area contributed by atoms with Gasteiger partial charge in [0.1, 0.15) is 12.0 Å².